The number of hydrogen-bond donors (Lipinski definition) is 1. The van der Waals surface area contributed by atoms with Crippen molar-refractivity contribution in [3.63, 3.8) is 0 Å². The number of methoxy groups -OCH3 is 1. The standard InChI is InChI=1S/C26H22F6N2O3S/c1-36-22-11-17(7-8-21(22)37-15-16-5-3-2-4-6-16)23-34(9-10-38-23)24(35)33-20-13-18(25(27,28)29)12-19(14-20)26(30,31)32/h2-8,11-14,23H,9-10,15H2,1H3,(H,33,35). The van der Waals surface area contributed by atoms with E-state index in [1.807, 2.05) is 30.3 Å². The maximum absolute atomic E-state index is 13.2. The van der Waals surface area contributed by atoms with Crippen LogP contribution in [0.4, 0.5) is 36.8 Å². The maximum Gasteiger partial charge on any atom is 0.416 e. The van der Waals surface area contributed by atoms with Crippen molar-refractivity contribution in [3.8, 4) is 11.5 Å². The fourth-order valence-electron chi connectivity index (χ4n) is 3.87. The minimum absolute atomic E-state index is 0.0118. The van der Waals surface area contributed by atoms with Gasteiger partial charge in [0.25, 0.3) is 0 Å². The Bertz CT molecular complexity index is 1250. The van der Waals surface area contributed by atoms with E-state index in [2.05, 4.69) is 5.32 Å². The second-order valence-corrected chi connectivity index (χ2v) is 9.51. The van der Waals surface area contributed by atoms with Gasteiger partial charge in [-0.15, -0.1) is 11.8 Å². The molecule has 0 radical (unpaired) electrons. The Morgan fingerprint density at radius 1 is 0.947 bits per heavy atom. The molecule has 3 aromatic carbocycles. The van der Waals surface area contributed by atoms with Crippen LogP contribution in [0, 0.1) is 0 Å². The van der Waals surface area contributed by atoms with Crippen molar-refractivity contribution in [2.45, 2.75) is 24.3 Å². The Morgan fingerprint density at radius 3 is 2.21 bits per heavy atom. The van der Waals surface area contributed by atoms with E-state index < -0.39 is 40.6 Å². The number of halogens is 6. The molecule has 0 bridgehead atoms. The lowest BCUT2D eigenvalue weighted by molar-refractivity contribution is -0.143. The zero-order valence-electron chi connectivity index (χ0n) is 19.9. The lowest BCUT2D eigenvalue weighted by atomic mass is 10.1. The highest BCUT2D eigenvalue weighted by molar-refractivity contribution is 7.99. The minimum Gasteiger partial charge on any atom is -0.493 e. The Kier molecular flexibility index (Phi) is 8.00. The van der Waals surface area contributed by atoms with Crippen molar-refractivity contribution in [3.05, 3.63) is 89.0 Å². The summed E-state index contributed by atoms with van der Waals surface area (Å²) in [6, 6.07) is 14.8. The van der Waals surface area contributed by atoms with E-state index in [1.54, 1.807) is 18.2 Å². The predicted molar refractivity (Wildman–Crippen MR) is 131 cm³/mol. The first-order chi connectivity index (χ1) is 18.0. The molecule has 1 fully saturated rings. The van der Waals surface area contributed by atoms with Crippen molar-refractivity contribution in [2.24, 2.45) is 0 Å². The number of ether oxygens (including phenoxy) is 2. The molecule has 38 heavy (non-hydrogen) atoms. The molecule has 1 atom stereocenters. The molecule has 0 aliphatic carbocycles. The molecular formula is C26H22F6N2O3S. The quantitative estimate of drug-likeness (QED) is 0.318. The molecule has 1 heterocycles. The molecule has 2 amide bonds. The van der Waals surface area contributed by atoms with Gasteiger partial charge in [0.05, 0.1) is 18.2 Å². The number of carbonyl (C=O) groups excluding carboxylic acids is 1. The van der Waals surface area contributed by atoms with Crippen LogP contribution in [0.3, 0.4) is 0 Å². The monoisotopic (exact) mass is 556 g/mol. The summed E-state index contributed by atoms with van der Waals surface area (Å²) < 4.78 is 90.5. The summed E-state index contributed by atoms with van der Waals surface area (Å²) in [6.45, 7) is 0.543. The summed E-state index contributed by atoms with van der Waals surface area (Å²) in [5.41, 5.74) is -2.01. The van der Waals surface area contributed by atoms with E-state index in [4.69, 9.17) is 9.47 Å². The molecule has 1 N–H and O–H groups in total. The largest absolute Gasteiger partial charge is 0.493 e. The van der Waals surface area contributed by atoms with Crippen LogP contribution in [0.15, 0.2) is 66.7 Å². The highest BCUT2D eigenvalue weighted by Crippen LogP contribution is 2.42. The predicted octanol–water partition coefficient (Wildman–Crippen LogP) is 7.59. The van der Waals surface area contributed by atoms with Crippen LogP contribution < -0.4 is 14.8 Å². The summed E-state index contributed by atoms with van der Waals surface area (Å²) in [6.07, 6.45) is -10.0. The number of nitrogens with one attached hydrogen (secondary N) is 1. The molecule has 0 aromatic heterocycles. The zero-order chi connectivity index (χ0) is 27.5. The van der Waals surface area contributed by atoms with E-state index in [-0.39, 0.29) is 12.6 Å². The molecule has 4 rings (SSSR count). The lowest BCUT2D eigenvalue weighted by Crippen LogP contribution is -2.34. The molecule has 1 saturated heterocycles. The number of urea groups is 1. The molecule has 1 unspecified atom stereocenters. The number of alkyl halides is 6. The molecular weight excluding hydrogens is 534 g/mol. The number of benzene rings is 3. The topological polar surface area (TPSA) is 50.8 Å². The Labute approximate surface area is 218 Å². The number of hydrogen-bond acceptors (Lipinski definition) is 4. The first kappa shape index (κ1) is 27.5. The second-order valence-electron chi connectivity index (χ2n) is 8.33. The Morgan fingerprint density at radius 2 is 1.61 bits per heavy atom. The van der Waals surface area contributed by atoms with Crippen molar-refractivity contribution < 1.29 is 40.6 Å². The van der Waals surface area contributed by atoms with E-state index >= 15 is 0 Å². The van der Waals surface area contributed by atoms with Gasteiger partial charge >= 0.3 is 18.4 Å². The van der Waals surface area contributed by atoms with Gasteiger partial charge in [-0.3, -0.25) is 0 Å². The first-order valence-corrected chi connectivity index (χ1v) is 12.3. The van der Waals surface area contributed by atoms with Gasteiger partial charge in [-0.2, -0.15) is 26.3 Å². The smallest absolute Gasteiger partial charge is 0.416 e. The molecule has 1 aliphatic heterocycles. The highest BCUT2D eigenvalue weighted by Gasteiger charge is 2.38. The average Bonchev–Trinajstić information content (AvgIpc) is 3.37. The van der Waals surface area contributed by atoms with E-state index in [9.17, 15) is 31.1 Å². The van der Waals surface area contributed by atoms with Gasteiger partial charge in [-0.25, -0.2) is 4.79 Å². The highest BCUT2D eigenvalue weighted by atomic mass is 32.2. The van der Waals surface area contributed by atoms with Gasteiger partial charge in [0, 0.05) is 18.0 Å². The number of amides is 2. The average molecular weight is 557 g/mol. The summed E-state index contributed by atoms with van der Waals surface area (Å²) in [5.74, 6) is 1.41. The molecule has 12 heteroatoms. The van der Waals surface area contributed by atoms with E-state index in [1.165, 1.54) is 23.8 Å². The Hall–Kier alpha value is -3.54. The van der Waals surface area contributed by atoms with Gasteiger partial charge in [0.15, 0.2) is 11.5 Å². The van der Waals surface area contributed by atoms with Crippen LogP contribution in [-0.2, 0) is 19.0 Å². The zero-order valence-corrected chi connectivity index (χ0v) is 20.7. The van der Waals surface area contributed by atoms with Crippen molar-refractivity contribution in [1.29, 1.82) is 0 Å². The number of thioether (sulfide) groups is 1. The molecule has 5 nitrogen and oxygen atoms in total. The fraction of sp³-hybridized carbons (Fsp3) is 0.269. The first-order valence-electron chi connectivity index (χ1n) is 11.3. The molecule has 0 spiro atoms. The summed E-state index contributed by atoms with van der Waals surface area (Å²) in [7, 11) is 1.46. The third-order valence-electron chi connectivity index (χ3n) is 5.70. The lowest BCUT2D eigenvalue weighted by Gasteiger charge is -2.25. The SMILES string of the molecule is COc1cc(C2SCCN2C(=O)Nc2cc(C(F)(F)F)cc(C(F)(F)F)c2)ccc1OCc1ccccc1. The van der Waals surface area contributed by atoms with Gasteiger partial charge in [-0.1, -0.05) is 36.4 Å². The minimum atomic E-state index is -5.02. The van der Waals surface area contributed by atoms with Gasteiger partial charge in [0.1, 0.15) is 12.0 Å². The van der Waals surface area contributed by atoms with E-state index in [0.29, 0.717) is 41.6 Å². The van der Waals surface area contributed by atoms with Gasteiger partial charge in [-0.05, 0) is 41.5 Å². The number of rotatable bonds is 6. The summed E-state index contributed by atoms with van der Waals surface area (Å²) in [4.78, 5) is 14.3. The maximum atomic E-state index is 13.2. The molecule has 0 saturated carbocycles. The molecule has 3 aromatic rings. The third-order valence-corrected chi connectivity index (χ3v) is 6.96. The number of anilines is 1. The van der Waals surface area contributed by atoms with Crippen LogP contribution in [0.5, 0.6) is 11.5 Å². The van der Waals surface area contributed by atoms with Gasteiger partial charge in [0.2, 0.25) is 0 Å². The van der Waals surface area contributed by atoms with Gasteiger partial charge < -0.3 is 19.7 Å². The summed E-state index contributed by atoms with van der Waals surface area (Å²) >= 11 is 1.40. The fourth-order valence-corrected chi connectivity index (χ4v) is 5.11. The molecule has 202 valence electrons. The van der Waals surface area contributed by atoms with Crippen LogP contribution in [0.25, 0.3) is 0 Å². The number of nitrogens with zero attached hydrogens (tertiary/aromatic N) is 1. The van der Waals surface area contributed by atoms with Crippen molar-refractivity contribution in [1.82, 2.24) is 4.90 Å². The Balaban J connectivity index is 1.53. The third kappa shape index (κ3) is 6.47. The van der Waals surface area contributed by atoms with Crippen LogP contribution in [0.1, 0.15) is 27.6 Å². The molecule has 1 aliphatic rings. The van der Waals surface area contributed by atoms with Crippen molar-refractivity contribution in [2.75, 3.05) is 24.7 Å². The van der Waals surface area contributed by atoms with E-state index in [0.717, 1.165) is 5.56 Å². The normalized spacial score (nSPS) is 15.9. The van der Waals surface area contributed by atoms with Crippen LogP contribution in [0.2, 0.25) is 0 Å². The summed E-state index contributed by atoms with van der Waals surface area (Å²) in [5, 5.41) is 1.66. The van der Waals surface area contributed by atoms with Crippen LogP contribution >= 0.6 is 11.8 Å². The van der Waals surface area contributed by atoms with Crippen LogP contribution in [-0.4, -0.2) is 30.3 Å². The second kappa shape index (κ2) is 11.1. The number of carbonyl (C=O) groups is 1. The van der Waals surface area contributed by atoms with Crippen molar-refractivity contribution >= 4 is 23.5 Å².